The van der Waals surface area contributed by atoms with Crippen LogP contribution in [-0.4, -0.2) is 13.6 Å². The third-order valence-corrected chi connectivity index (χ3v) is 4.65. The number of nitrogens with one attached hydrogen (secondary N) is 1. The van der Waals surface area contributed by atoms with Crippen LogP contribution in [0.25, 0.3) is 10.8 Å². The summed E-state index contributed by atoms with van der Waals surface area (Å²) in [5.74, 6) is 0.235. The molecule has 0 spiro atoms. The molecule has 22 heavy (non-hydrogen) atoms. The number of halogens is 1. The minimum atomic E-state index is -0.0465. The Bertz CT molecular complexity index is 739. The molecule has 2 atom stereocenters. The van der Waals surface area contributed by atoms with Crippen molar-refractivity contribution in [3.05, 3.63) is 83.9 Å². The smallest absolute Gasteiger partial charge is 0.0665 e. The number of likely N-dealkylation sites (N-methyl/N-ethyl adjacent to an activating group) is 1. The van der Waals surface area contributed by atoms with Crippen LogP contribution in [0.5, 0.6) is 0 Å². The molecule has 0 heterocycles. The van der Waals surface area contributed by atoms with Crippen molar-refractivity contribution < 1.29 is 0 Å². The van der Waals surface area contributed by atoms with Crippen molar-refractivity contribution in [1.82, 2.24) is 5.32 Å². The summed E-state index contributed by atoms with van der Waals surface area (Å²) >= 11 is 6.80. The molecule has 0 unspecified atom stereocenters. The molecule has 2 heteroatoms. The topological polar surface area (TPSA) is 12.0 Å². The summed E-state index contributed by atoms with van der Waals surface area (Å²) in [5.41, 5.74) is 2.44. The van der Waals surface area contributed by atoms with Gasteiger partial charge in [0, 0.05) is 12.5 Å². The van der Waals surface area contributed by atoms with E-state index in [1.165, 1.54) is 16.3 Å². The SMILES string of the molecule is CNC[C@@H](c1ccc2ccccc2c1)[C@H](Cl)c1ccccc1. The molecule has 0 saturated carbocycles. The minimum absolute atomic E-state index is 0.0465. The van der Waals surface area contributed by atoms with Crippen molar-refractivity contribution in [2.75, 3.05) is 13.6 Å². The maximum atomic E-state index is 6.80. The fourth-order valence-corrected chi connectivity index (χ4v) is 3.30. The highest BCUT2D eigenvalue weighted by atomic mass is 35.5. The average Bonchev–Trinajstić information content (AvgIpc) is 2.59. The number of alkyl halides is 1. The van der Waals surface area contributed by atoms with Gasteiger partial charge in [-0.3, -0.25) is 0 Å². The largest absolute Gasteiger partial charge is 0.319 e. The monoisotopic (exact) mass is 309 g/mol. The van der Waals surface area contributed by atoms with Crippen molar-refractivity contribution in [1.29, 1.82) is 0 Å². The Kier molecular flexibility index (Phi) is 4.77. The first-order valence-electron chi connectivity index (χ1n) is 7.62. The van der Waals surface area contributed by atoms with E-state index < -0.39 is 0 Å². The summed E-state index contributed by atoms with van der Waals surface area (Å²) < 4.78 is 0. The fraction of sp³-hybridized carbons (Fsp3) is 0.200. The first-order chi connectivity index (χ1) is 10.8. The molecule has 0 fully saturated rings. The summed E-state index contributed by atoms with van der Waals surface area (Å²) in [4.78, 5) is 0. The second-order valence-corrected chi connectivity index (χ2v) is 6.05. The lowest BCUT2D eigenvalue weighted by Gasteiger charge is -2.23. The van der Waals surface area contributed by atoms with Gasteiger partial charge in [-0.1, -0.05) is 72.8 Å². The first kappa shape index (κ1) is 15.1. The van der Waals surface area contributed by atoms with Gasteiger partial charge in [0.15, 0.2) is 0 Å². The van der Waals surface area contributed by atoms with E-state index in [9.17, 15) is 0 Å². The predicted molar refractivity (Wildman–Crippen MR) is 95.7 cm³/mol. The molecule has 112 valence electrons. The van der Waals surface area contributed by atoms with E-state index in [0.29, 0.717) is 0 Å². The van der Waals surface area contributed by atoms with Gasteiger partial charge in [-0.2, -0.15) is 0 Å². The summed E-state index contributed by atoms with van der Waals surface area (Å²) in [6, 6.07) is 25.4. The standard InChI is InChI=1S/C20H20ClN/c1-22-14-19(20(21)16-8-3-2-4-9-16)18-12-11-15-7-5-6-10-17(15)13-18/h2-13,19-20,22H,14H2,1H3/t19-,20+/m0/s1. The highest BCUT2D eigenvalue weighted by Crippen LogP contribution is 2.36. The van der Waals surface area contributed by atoms with Crippen LogP contribution in [0.15, 0.2) is 72.8 Å². The molecule has 0 aromatic heterocycles. The van der Waals surface area contributed by atoms with Crippen LogP contribution in [0.3, 0.4) is 0 Å². The molecule has 3 aromatic rings. The summed E-state index contributed by atoms with van der Waals surface area (Å²) in [5, 5.41) is 5.76. The Hall–Kier alpha value is -1.83. The first-order valence-corrected chi connectivity index (χ1v) is 8.05. The molecule has 0 radical (unpaired) electrons. The van der Waals surface area contributed by atoms with Crippen molar-refractivity contribution >= 4 is 22.4 Å². The zero-order valence-corrected chi connectivity index (χ0v) is 13.4. The van der Waals surface area contributed by atoms with Gasteiger partial charge in [0.1, 0.15) is 0 Å². The molecule has 0 saturated heterocycles. The fourth-order valence-electron chi connectivity index (χ4n) is 2.92. The van der Waals surface area contributed by atoms with E-state index in [1.54, 1.807) is 0 Å². The van der Waals surface area contributed by atoms with E-state index in [-0.39, 0.29) is 11.3 Å². The maximum Gasteiger partial charge on any atom is 0.0665 e. The average molecular weight is 310 g/mol. The van der Waals surface area contributed by atoms with E-state index in [2.05, 4.69) is 59.9 Å². The summed E-state index contributed by atoms with van der Waals surface area (Å²) in [6.07, 6.45) is 0. The van der Waals surface area contributed by atoms with Crippen LogP contribution < -0.4 is 5.32 Å². The molecule has 1 nitrogen and oxygen atoms in total. The molecule has 3 aromatic carbocycles. The zero-order valence-electron chi connectivity index (χ0n) is 12.7. The van der Waals surface area contributed by atoms with Crippen LogP contribution in [0, 0.1) is 0 Å². The molecule has 0 aliphatic heterocycles. The van der Waals surface area contributed by atoms with Gasteiger partial charge in [-0.25, -0.2) is 0 Å². The van der Waals surface area contributed by atoms with Gasteiger partial charge in [-0.15, -0.1) is 11.6 Å². The molecule has 3 rings (SSSR count). The predicted octanol–water partition coefficient (Wildman–Crippen LogP) is 5.12. The Morgan fingerprint density at radius 2 is 1.50 bits per heavy atom. The quantitative estimate of drug-likeness (QED) is 0.645. The number of hydrogen-bond donors (Lipinski definition) is 1. The Morgan fingerprint density at radius 1 is 0.818 bits per heavy atom. The maximum absolute atomic E-state index is 6.80. The third kappa shape index (κ3) is 3.16. The molecule has 0 aliphatic rings. The van der Waals surface area contributed by atoms with Crippen LogP contribution in [0.1, 0.15) is 22.4 Å². The Balaban J connectivity index is 1.98. The number of hydrogen-bond acceptors (Lipinski definition) is 1. The molecule has 0 bridgehead atoms. The van der Waals surface area contributed by atoms with Crippen LogP contribution >= 0.6 is 11.6 Å². The second kappa shape index (κ2) is 6.95. The lowest BCUT2D eigenvalue weighted by atomic mass is 9.90. The van der Waals surface area contributed by atoms with Gasteiger partial charge in [0.2, 0.25) is 0 Å². The van der Waals surface area contributed by atoms with Gasteiger partial charge in [0.25, 0.3) is 0 Å². The van der Waals surface area contributed by atoms with Crippen molar-refractivity contribution in [2.45, 2.75) is 11.3 Å². The number of rotatable bonds is 5. The Morgan fingerprint density at radius 3 is 2.23 bits per heavy atom. The summed E-state index contributed by atoms with van der Waals surface area (Å²) in [7, 11) is 1.97. The Labute approximate surface area is 136 Å². The van der Waals surface area contributed by atoms with E-state index in [4.69, 9.17) is 11.6 Å². The normalized spacial score (nSPS) is 13.9. The second-order valence-electron chi connectivity index (χ2n) is 5.58. The zero-order chi connectivity index (χ0) is 15.4. The molecular weight excluding hydrogens is 290 g/mol. The minimum Gasteiger partial charge on any atom is -0.319 e. The number of fused-ring (bicyclic) bond motifs is 1. The lowest BCUT2D eigenvalue weighted by molar-refractivity contribution is 0.611. The van der Waals surface area contributed by atoms with E-state index in [0.717, 1.165) is 12.1 Å². The highest BCUT2D eigenvalue weighted by Gasteiger charge is 2.22. The molecular formula is C20H20ClN. The lowest BCUT2D eigenvalue weighted by Crippen LogP contribution is -2.21. The van der Waals surface area contributed by atoms with Crippen LogP contribution in [-0.2, 0) is 0 Å². The molecule has 0 amide bonds. The van der Waals surface area contributed by atoms with Gasteiger partial charge >= 0.3 is 0 Å². The molecule has 0 aliphatic carbocycles. The number of benzene rings is 3. The van der Waals surface area contributed by atoms with Gasteiger partial charge < -0.3 is 5.32 Å². The van der Waals surface area contributed by atoms with Crippen molar-refractivity contribution in [3.63, 3.8) is 0 Å². The van der Waals surface area contributed by atoms with E-state index >= 15 is 0 Å². The van der Waals surface area contributed by atoms with Gasteiger partial charge in [-0.05, 0) is 28.9 Å². The van der Waals surface area contributed by atoms with Crippen LogP contribution in [0.2, 0.25) is 0 Å². The van der Waals surface area contributed by atoms with Gasteiger partial charge in [0.05, 0.1) is 5.38 Å². The summed E-state index contributed by atoms with van der Waals surface area (Å²) in [6.45, 7) is 0.849. The van der Waals surface area contributed by atoms with Crippen molar-refractivity contribution in [2.24, 2.45) is 0 Å². The van der Waals surface area contributed by atoms with E-state index in [1.807, 2.05) is 25.2 Å². The third-order valence-electron chi connectivity index (χ3n) is 4.10. The molecule has 1 N–H and O–H groups in total. The van der Waals surface area contributed by atoms with Crippen molar-refractivity contribution in [3.8, 4) is 0 Å². The van der Waals surface area contributed by atoms with Crippen LogP contribution in [0.4, 0.5) is 0 Å². The highest BCUT2D eigenvalue weighted by molar-refractivity contribution is 6.21.